The van der Waals surface area contributed by atoms with E-state index in [0.29, 0.717) is 0 Å². The van der Waals surface area contributed by atoms with Crippen molar-refractivity contribution in [3.63, 3.8) is 0 Å². The number of hydrogen-bond donors (Lipinski definition) is 1. The summed E-state index contributed by atoms with van der Waals surface area (Å²) >= 11 is 0. The third-order valence-electron chi connectivity index (χ3n) is 4.12. The Morgan fingerprint density at radius 1 is 1.25 bits per heavy atom. The molecule has 1 saturated heterocycles. The molecular formula is C17H23N3. The molecule has 2 aromatic rings. The largest absolute Gasteiger partial charge is 0.311 e. The highest BCUT2D eigenvalue weighted by molar-refractivity contribution is 5.78. The van der Waals surface area contributed by atoms with Crippen molar-refractivity contribution in [2.75, 3.05) is 26.7 Å². The standard InChI is InChI=1S/C17H23N3/c1-20-10-4-5-14(13-20)11-18-12-16-9-8-15-6-2-3-7-17(15)19-16/h2-3,6-9,14,18H,4-5,10-13H2,1H3. The van der Waals surface area contributed by atoms with Gasteiger partial charge in [0.2, 0.25) is 0 Å². The number of fused-ring (bicyclic) bond motifs is 1. The minimum absolute atomic E-state index is 0.786. The van der Waals surface area contributed by atoms with E-state index in [1.165, 1.54) is 31.3 Å². The average Bonchev–Trinajstić information content (AvgIpc) is 2.47. The molecule has 1 aliphatic rings. The minimum atomic E-state index is 0.786. The van der Waals surface area contributed by atoms with Crippen LogP contribution in [-0.2, 0) is 6.54 Å². The van der Waals surface area contributed by atoms with Gasteiger partial charge in [0.1, 0.15) is 0 Å². The Morgan fingerprint density at radius 2 is 2.15 bits per heavy atom. The molecule has 3 rings (SSSR count). The van der Waals surface area contributed by atoms with Crippen molar-refractivity contribution in [3.8, 4) is 0 Å². The molecule has 2 heterocycles. The molecule has 0 bridgehead atoms. The first-order valence-corrected chi connectivity index (χ1v) is 7.55. The van der Waals surface area contributed by atoms with Crippen LogP contribution in [0.3, 0.4) is 0 Å². The summed E-state index contributed by atoms with van der Waals surface area (Å²) in [5, 5.41) is 4.78. The lowest BCUT2D eigenvalue weighted by molar-refractivity contribution is 0.206. The molecule has 1 atom stereocenters. The van der Waals surface area contributed by atoms with Crippen LogP contribution in [0.1, 0.15) is 18.5 Å². The summed E-state index contributed by atoms with van der Waals surface area (Å²) in [7, 11) is 2.22. The second-order valence-electron chi connectivity index (χ2n) is 5.90. The molecule has 1 fully saturated rings. The van der Waals surface area contributed by atoms with Gasteiger partial charge in [-0.25, -0.2) is 0 Å². The lowest BCUT2D eigenvalue weighted by Gasteiger charge is -2.29. The first-order valence-electron chi connectivity index (χ1n) is 7.55. The summed E-state index contributed by atoms with van der Waals surface area (Å²) in [5.41, 5.74) is 2.22. The van der Waals surface area contributed by atoms with Gasteiger partial charge in [-0.3, -0.25) is 4.98 Å². The average molecular weight is 269 g/mol. The summed E-state index contributed by atoms with van der Waals surface area (Å²) in [6.07, 6.45) is 2.68. The normalized spacial score (nSPS) is 20.4. The molecule has 3 heteroatoms. The van der Waals surface area contributed by atoms with Gasteiger partial charge in [-0.05, 0) is 51.0 Å². The minimum Gasteiger partial charge on any atom is -0.311 e. The van der Waals surface area contributed by atoms with Crippen LogP contribution in [0.15, 0.2) is 36.4 Å². The van der Waals surface area contributed by atoms with Crippen molar-refractivity contribution < 1.29 is 0 Å². The van der Waals surface area contributed by atoms with Gasteiger partial charge in [0.05, 0.1) is 11.2 Å². The van der Waals surface area contributed by atoms with E-state index in [4.69, 9.17) is 4.98 Å². The highest BCUT2D eigenvalue weighted by atomic mass is 15.1. The van der Waals surface area contributed by atoms with Crippen molar-refractivity contribution >= 4 is 10.9 Å². The van der Waals surface area contributed by atoms with Gasteiger partial charge in [0, 0.05) is 18.5 Å². The Balaban J connectivity index is 1.54. The maximum absolute atomic E-state index is 4.70. The summed E-state index contributed by atoms with van der Waals surface area (Å²) in [4.78, 5) is 7.13. The molecule has 1 unspecified atom stereocenters. The fraction of sp³-hybridized carbons (Fsp3) is 0.471. The molecule has 0 saturated carbocycles. The van der Waals surface area contributed by atoms with Gasteiger partial charge in [-0.1, -0.05) is 24.3 Å². The number of rotatable bonds is 4. The lowest BCUT2D eigenvalue weighted by Crippen LogP contribution is -2.37. The highest BCUT2D eigenvalue weighted by Crippen LogP contribution is 2.14. The molecular weight excluding hydrogens is 246 g/mol. The third-order valence-corrected chi connectivity index (χ3v) is 4.12. The topological polar surface area (TPSA) is 28.2 Å². The monoisotopic (exact) mass is 269 g/mol. The fourth-order valence-corrected chi connectivity index (χ4v) is 3.05. The van der Waals surface area contributed by atoms with E-state index in [1.807, 2.05) is 6.07 Å². The van der Waals surface area contributed by atoms with Gasteiger partial charge in [-0.15, -0.1) is 0 Å². The number of nitrogens with one attached hydrogen (secondary N) is 1. The Kier molecular flexibility index (Phi) is 4.28. The number of likely N-dealkylation sites (tertiary alicyclic amines) is 1. The predicted octanol–water partition coefficient (Wildman–Crippen LogP) is 2.67. The number of pyridine rings is 1. The molecule has 0 spiro atoms. The molecule has 0 radical (unpaired) electrons. The second-order valence-corrected chi connectivity index (χ2v) is 5.90. The van der Waals surface area contributed by atoms with Gasteiger partial charge in [0.25, 0.3) is 0 Å². The first kappa shape index (κ1) is 13.5. The summed E-state index contributed by atoms with van der Waals surface area (Å²) in [6, 6.07) is 12.6. The summed E-state index contributed by atoms with van der Waals surface area (Å²) < 4.78 is 0. The fourth-order valence-electron chi connectivity index (χ4n) is 3.05. The van der Waals surface area contributed by atoms with Gasteiger partial charge in [0.15, 0.2) is 0 Å². The van der Waals surface area contributed by atoms with Crippen molar-refractivity contribution in [3.05, 3.63) is 42.1 Å². The van der Waals surface area contributed by atoms with Gasteiger partial charge < -0.3 is 10.2 Å². The van der Waals surface area contributed by atoms with Crippen LogP contribution in [0.4, 0.5) is 0 Å². The SMILES string of the molecule is CN1CCCC(CNCc2ccc3ccccc3n2)C1. The number of benzene rings is 1. The van der Waals surface area contributed by atoms with Crippen LogP contribution in [0.5, 0.6) is 0 Å². The van der Waals surface area contributed by atoms with E-state index in [-0.39, 0.29) is 0 Å². The Bertz CT molecular complexity index is 567. The smallest absolute Gasteiger partial charge is 0.0705 e. The van der Waals surface area contributed by atoms with Crippen LogP contribution in [-0.4, -0.2) is 36.6 Å². The number of nitrogens with zero attached hydrogens (tertiary/aromatic N) is 2. The van der Waals surface area contributed by atoms with E-state index in [0.717, 1.165) is 30.2 Å². The number of hydrogen-bond acceptors (Lipinski definition) is 3. The Labute approximate surface area is 121 Å². The van der Waals surface area contributed by atoms with E-state index < -0.39 is 0 Å². The summed E-state index contributed by atoms with van der Waals surface area (Å²) in [5.74, 6) is 0.786. The Hall–Kier alpha value is -1.45. The van der Waals surface area contributed by atoms with E-state index in [2.05, 4.69) is 47.6 Å². The number of aromatic nitrogens is 1. The molecule has 106 valence electrons. The molecule has 0 aliphatic carbocycles. The quantitative estimate of drug-likeness (QED) is 0.925. The third kappa shape index (κ3) is 3.35. The summed E-state index contributed by atoms with van der Waals surface area (Å²) in [6.45, 7) is 4.44. The maximum Gasteiger partial charge on any atom is 0.0705 e. The molecule has 1 aromatic heterocycles. The molecule has 1 aliphatic heterocycles. The van der Waals surface area contributed by atoms with Crippen LogP contribution in [0.2, 0.25) is 0 Å². The van der Waals surface area contributed by atoms with Crippen molar-refractivity contribution in [2.45, 2.75) is 19.4 Å². The van der Waals surface area contributed by atoms with E-state index >= 15 is 0 Å². The van der Waals surface area contributed by atoms with Crippen LogP contribution in [0, 0.1) is 5.92 Å². The van der Waals surface area contributed by atoms with Crippen molar-refractivity contribution in [1.29, 1.82) is 0 Å². The van der Waals surface area contributed by atoms with Crippen LogP contribution >= 0.6 is 0 Å². The molecule has 0 amide bonds. The van der Waals surface area contributed by atoms with Crippen LogP contribution in [0.25, 0.3) is 10.9 Å². The predicted molar refractivity (Wildman–Crippen MR) is 83.7 cm³/mol. The Morgan fingerprint density at radius 3 is 3.05 bits per heavy atom. The van der Waals surface area contributed by atoms with Crippen molar-refractivity contribution in [1.82, 2.24) is 15.2 Å². The molecule has 20 heavy (non-hydrogen) atoms. The van der Waals surface area contributed by atoms with Crippen molar-refractivity contribution in [2.24, 2.45) is 5.92 Å². The molecule has 3 nitrogen and oxygen atoms in total. The zero-order valence-electron chi connectivity index (χ0n) is 12.2. The maximum atomic E-state index is 4.70. The van der Waals surface area contributed by atoms with E-state index in [1.54, 1.807) is 0 Å². The van der Waals surface area contributed by atoms with E-state index in [9.17, 15) is 0 Å². The number of piperidine rings is 1. The second kappa shape index (κ2) is 6.33. The lowest BCUT2D eigenvalue weighted by atomic mass is 9.98. The highest BCUT2D eigenvalue weighted by Gasteiger charge is 2.16. The molecule has 1 N–H and O–H groups in total. The van der Waals surface area contributed by atoms with Crippen LogP contribution < -0.4 is 5.32 Å². The zero-order chi connectivity index (χ0) is 13.8. The first-order chi connectivity index (χ1) is 9.81. The van der Waals surface area contributed by atoms with Gasteiger partial charge >= 0.3 is 0 Å². The zero-order valence-corrected chi connectivity index (χ0v) is 12.2. The molecule has 1 aromatic carbocycles. The number of para-hydroxylation sites is 1. The van der Waals surface area contributed by atoms with Gasteiger partial charge in [-0.2, -0.15) is 0 Å².